The van der Waals surface area contributed by atoms with Crippen LogP contribution in [-0.2, 0) is 4.79 Å². The maximum atomic E-state index is 14.1. The Kier molecular flexibility index (Phi) is 4.21. The van der Waals surface area contributed by atoms with E-state index in [-0.39, 0.29) is 24.3 Å². The highest BCUT2D eigenvalue weighted by Crippen LogP contribution is 2.30. The van der Waals surface area contributed by atoms with Gasteiger partial charge in [-0.2, -0.15) is 0 Å². The molecule has 3 rings (SSSR count). The fourth-order valence-corrected chi connectivity index (χ4v) is 3.33. The van der Waals surface area contributed by atoms with E-state index < -0.39 is 29.0 Å². The summed E-state index contributed by atoms with van der Waals surface area (Å²) in [5.41, 5.74) is -1.98. The van der Waals surface area contributed by atoms with Gasteiger partial charge < -0.3 is 10.0 Å². The number of aromatic nitrogens is 1. The molecule has 1 aliphatic rings. The SMILES string of the molecule is O=C(c1csc(-c2cccc([N+](=O)[O-])c2)n1)N1CCC(F)(C(=O)O)C1. The van der Waals surface area contributed by atoms with E-state index in [0.717, 1.165) is 16.2 Å². The highest BCUT2D eigenvalue weighted by atomic mass is 32.1. The van der Waals surface area contributed by atoms with Gasteiger partial charge in [0, 0.05) is 36.0 Å². The van der Waals surface area contributed by atoms with Crippen LogP contribution in [0.4, 0.5) is 10.1 Å². The minimum absolute atomic E-state index is 0.00863. The molecule has 25 heavy (non-hydrogen) atoms. The van der Waals surface area contributed by atoms with Gasteiger partial charge in [0.2, 0.25) is 5.67 Å². The van der Waals surface area contributed by atoms with Crippen molar-refractivity contribution in [2.45, 2.75) is 12.1 Å². The number of halogens is 1. The van der Waals surface area contributed by atoms with Gasteiger partial charge in [0.25, 0.3) is 11.6 Å². The maximum Gasteiger partial charge on any atom is 0.343 e. The highest BCUT2D eigenvalue weighted by Gasteiger charge is 2.47. The molecule has 0 spiro atoms. The Bertz CT molecular complexity index is 870. The molecule has 2 aromatic rings. The zero-order valence-corrected chi connectivity index (χ0v) is 13.5. The van der Waals surface area contributed by atoms with Gasteiger partial charge in [-0.25, -0.2) is 14.2 Å². The monoisotopic (exact) mass is 365 g/mol. The number of rotatable bonds is 4. The molecule has 0 aliphatic carbocycles. The fraction of sp³-hybridized carbons (Fsp3) is 0.267. The molecule has 8 nitrogen and oxygen atoms in total. The van der Waals surface area contributed by atoms with Gasteiger partial charge in [0.15, 0.2) is 0 Å². The van der Waals surface area contributed by atoms with Crippen molar-refractivity contribution < 1.29 is 24.0 Å². The first-order valence-corrected chi connectivity index (χ1v) is 8.10. The van der Waals surface area contributed by atoms with Crippen LogP contribution in [0.15, 0.2) is 29.6 Å². The first-order valence-electron chi connectivity index (χ1n) is 7.22. The molecule has 1 aliphatic heterocycles. The fourth-order valence-electron chi connectivity index (χ4n) is 2.54. The standard InChI is InChI=1S/C15H12FN3O5S/c16-15(14(21)22)4-5-18(8-15)13(20)11-7-25-12(17-11)9-2-1-3-10(6-9)19(23)24/h1-3,6-7H,4-5,8H2,(H,21,22). The van der Waals surface area contributed by atoms with E-state index in [2.05, 4.69) is 4.98 Å². The molecular formula is C15H12FN3O5S. The molecule has 1 N–H and O–H groups in total. The van der Waals surface area contributed by atoms with Crippen molar-refractivity contribution >= 4 is 28.9 Å². The molecular weight excluding hydrogens is 353 g/mol. The second kappa shape index (κ2) is 6.20. The summed E-state index contributed by atoms with van der Waals surface area (Å²) in [5.74, 6) is -2.15. The number of carboxylic acid groups (broad SMARTS) is 1. The number of hydrogen-bond donors (Lipinski definition) is 1. The lowest BCUT2D eigenvalue weighted by Crippen LogP contribution is -2.39. The zero-order valence-electron chi connectivity index (χ0n) is 12.7. The second-order valence-electron chi connectivity index (χ2n) is 5.59. The predicted molar refractivity (Wildman–Crippen MR) is 86.2 cm³/mol. The number of alkyl halides is 1. The van der Waals surface area contributed by atoms with Crippen LogP contribution in [0.3, 0.4) is 0 Å². The number of thiazole rings is 1. The minimum atomic E-state index is -2.44. The number of hydrogen-bond acceptors (Lipinski definition) is 6. The van der Waals surface area contributed by atoms with Gasteiger partial charge in [-0.1, -0.05) is 12.1 Å². The van der Waals surface area contributed by atoms with Crippen LogP contribution in [0.5, 0.6) is 0 Å². The predicted octanol–water partition coefficient (Wildman–Crippen LogP) is 2.36. The first kappa shape index (κ1) is 17.0. The van der Waals surface area contributed by atoms with Crippen molar-refractivity contribution in [1.29, 1.82) is 0 Å². The molecule has 0 bridgehead atoms. The Labute approximate surface area is 144 Å². The number of nitro benzene ring substituents is 1. The van der Waals surface area contributed by atoms with Crippen molar-refractivity contribution in [3.8, 4) is 10.6 Å². The summed E-state index contributed by atoms with van der Waals surface area (Å²) in [7, 11) is 0. The van der Waals surface area contributed by atoms with E-state index >= 15 is 0 Å². The maximum absolute atomic E-state index is 14.1. The van der Waals surface area contributed by atoms with Gasteiger partial charge in [-0.3, -0.25) is 14.9 Å². The molecule has 1 aromatic heterocycles. The summed E-state index contributed by atoms with van der Waals surface area (Å²) in [5, 5.41) is 21.6. The number of benzene rings is 1. The average molecular weight is 365 g/mol. The topological polar surface area (TPSA) is 114 Å². The Morgan fingerprint density at radius 3 is 2.84 bits per heavy atom. The van der Waals surface area contributed by atoms with Gasteiger partial charge in [-0.15, -0.1) is 11.3 Å². The Morgan fingerprint density at radius 1 is 1.44 bits per heavy atom. The summed E-state index contributed by atoms with van der Waals surface area (Å²) in [6, 6.07) is 5.84. The molecule has 1 fully saturated rings. The van der Waals surface area contributed by atoms with Crippen molar-refractivity contribution in [2.75, 3.05) is 13.1 Å². The average Bonchev–Trinajstić information content (AvgIpc) is 3.22. The Balaban J connectivity index is 1.80. The largest absolute Gasteiger partial charge is 0.479 e. The summed E-state index contributed by atoms with van der Waals surface area (Å²) >= 11 is 1.13. The summed E-state index contributed by atoms with van der Waals surface area (Å²) in [6.45, 7) is -0.532. The third kappa shape index (κ3) is 3.20. The number of non-ortho nitro benzene ring substituents is 1. The van der Waals surface area contributed by atoms with Crippen molar-refractivity contribution in [3.05, 3.63) is 45.5 Å². The lowest BCUT2D eigenvalue weighted by Gasteiger charge is -2.16. The summed E-state index contributed by atoms with van der Waals surface area (Å²) in [6.07, 6.45) is -0.268. The lowest BCUT2D eigenvalue weighted by molar-refractivity contribution is -0.384. The Morgan fingerprint density at radius 2 is 2.20 bits per heavy atom. The van der Waals surface area contributed by atoms with Crippen LogP contribution in [0.1, 0.15) is 16.9 Å². The molecule has 0 radical (unpaired) electrons. The van der Waals surface area contributed by atoms with Crippen LogP contribution in [0.2, 0.25) is 0 Å². The number of amides is 1. The van der Waals surface area contributed by atoms with Gasteiger partial charge in [0.05, 0.1) is 11.5 Å². The van der Waals surface area contributed by atoms with Crippen LogP contribution >= 0.6 is 11.3 Å². The quantitative estimate of drug-likeness (QED) is 0.657. The van der Waals surface area contributed by atoms with Crippen LogP contribution in [0.25, 0.3) is 10.6 Å². The molecule has 1 atom stereocenters. The number of nitro groups is 1. The minimum Gasteiger partial charge on any atom is -0.479 e. The third-order valence-electron chi connectivity index (χ3n) is 3.92. The molecule has 1 aromatic carbocycles. The molecule has 2 heterocycles. The lowest BCUT2D eigenvalue weighted by atomic mass is 10.1. The molecule has 1 amide bonds. The van der Waals surface area contributed by atoms with E-state index in [4.69, 9.17) is 5.11 Å². The van der Waals surface area contributed by atoms with Crippen molar-refractivity contribution in [2.24, 2.45) is 0 Å². The van der Waals surface area contributed by atoms with E-state index in [1.54, 1.807) is 6.07 Å². The van der Waals surface area contributed by atoms with E-state index in [1.807, 2.05) is 0 Å². The highest BCUT2D eigenvalue weighted by molar-refractivity contribution is 7.13. The van der Waals surface area contributed by atoms with Crippen LogP contribution in [0, 0.1) is 10.1 Å². The second-order valence-corrected chi connectivity index (χ2v) is 6.45. The first-order chi connectivity index (χ1) is 11.8. The number of likely N-dealkylation sites (tertiary alicyclic amines) is 1. The third-order valence-corrected chi connectivity index (χ3v) is 4.81. The van der Waals surface area contributed by atoms with E-state index in [1.165, 1.54) is 23.6 Å². The number of nitrogens with zero attached hydrogens (tertiary/aromatic N) is 3. The zero-order chi connectivity index (χ0) is 18.2. The normalized spacial score (nSPS) is 19.8. The van der Waals surface area contributed by atoms with Crippen molar-refractivity contribution in [3.63, 3.8) is 0 Å². The van der Waals surface area contributed by atoms with Crippen LogP contribution in [-0.4, -0.2) is 50.5 Å². The number of aliphatic carboxylic acids is 1. The number of carboxylic acids is 1. The summed E-state index contributed by atoms with van der Waals surface area (Å²) < 4.78 is 14.1. The number of carbonyl (C=O) groups is 2. The molecule has 130 valence electrons. The van der Waals surface area contributed by atoms with Crippen LogP contribution < -0.4 is 0 Å². The van der Waals surface area contributed by atoms with Gasteiger partial charge in [-0.05, 0) is 0 Å². The summed E-state index contributed by atoms with van der Waals surface area (Å²) in [4.78, 5) is 38.9. The smallest absolute Gasteiger partial charge is 0.343 e. The molecule has 1 unspecified atom stereocenters. The van der Waals surface area contributed by atoms with Crippen molar-refractivity contribution in [1.82, 2.24) is 9.88 Å². The molecule has 0 saturated carbocycles. The molecule has 1 saturated heterocycles. The van der Waals surface area contributed by atoms with E-state index in [0.29, 0.717) is 10.6 Å². The molecule has 10 heteroatoms. The Hall–Kier alpha value is -2.88. The van der Waals surface area contributed by atoms with E-state index in [9.17, 15) is 24.1 Å². The van der Waals surface area contributed by atoms with Gasteiger partial charge >= 0.3 is 5.97 Å². The number of carbonyl (C=O) groups excluding carboxylic acids is 1. The van der Waals surface area contributed by atoms with Gasteiger partial charge in [0.1, 0.15) is 10.7 Å².